The van der Waals surface area contributed by atoms with Gasteiger partial charge >= 0.3 is 12.1 Å². The zero-order valence-electron chi connectivity index (χ0n) is 15.1. The van der Waals surface area contributed by atoms with Gasteiger partial charge in [-0.05, 0) is 18.4 Å². The molecule has 0 aliphatic heterocycles. The SMILES string of the molecule is CCC(C)C(NC(=O)C(C)NC(=O)OCc1ccccc1)C(=O)OC. The van der Waals surface area contributed by atoms with Gasteiger partial charge in [-0.3, -0.25) is 4.79 Å². The third-order valence-corrected chi connectivity index (χ3v) is 3.91. The number of benzene rings is 1. The number of hydrogen-bond donors (Lipinski definition) is 2. The van der Waals surface area contributed by atoms with Gasteiger partial charge in [-0.1, -0.05) is 50.6 Å². The van der Waals surface area contributed by atoms with E-state index in [4.69, 9.17) is 9.47 Å². The number of amides is 2. The maximum absolute atomic E-state index is 12.2. The standard InChI is InChI=1S/C18H26N2O5/c1-5-12(2)15(17(22)24-4)20-16(21)13(3)19-18(23)25-11-14-9-7-6-8-10-14/h6-10,12-13,15H,5,11H2,1-4H3,(H,19,23)(H,20,21). The molecule has 0 aliphatic carbocycles. The van der Waals surface area contributed by atoms with Crippen LogP contribution in [0.2, 0.25) is 0 Å². The number of carbonyl (C=O) groups excluding carboxylic acids is 3. The number of carbonyl (C=O) groups is 3. The lowest BCUT2D eigenvalue weighted by Gasteiger charge is -2.23. The van der Waals surface area contributed by atoms with E-state index >= 15 is 0 Å². The molecule has 1 aromatic carbocycles. The molecule has 3 atom stereocenters. The summed E-state index contributed by atoms with van der Waals surface area (Å²) in [5.41, 5.74) is 0.845. The van der Waals surface area contributed by atoms with Crippen molar-refractivity contribution in [2.24, 2.45) is 5.92 Å². The lowest BCUT2D eigenvalue weighted by atomic mass is 9.99. The van der Waals surface area contributed by atoms with Gasteiger partial charge in [0.15, 0.2) is 0 Å². The predicted molar refractivity (Wildman–Crippen MR) is 92.6 cm³/mol. The van der Waals surface area contributed by atoms with Crippen molar-refractivity contribution in [2.45, 2.75) is 45.9 Å². The molecule has 7 heteroatoms. The first kappa shape index (κ1) is 20.5. The van der Waals surface area contributed by atoms with Crippen LogP contribution >= 0.6 is 0 Å². The lowest BCUT2D eigenvalue weighted by Crippen LogP contribution is -2.52. The van der Waals surface area contributed by atoms with Crippen molar-refractivity contribution in [1.82, 2.24) is 10.6 Å². The molecule has 138 valence electrons. The van der Waals surface area contributed by atoms with Crippen LogP contribution in [0.3, 0.4) is 0 Å². The van der Waals surface area contributed by atoms with Gasteiger partial charge in [0.2, 0.25) is 5.91 Å². The highest BCUT2D eigenvalue weighted by Gasteiger charge is 2.28. The Hall–Kier alpha value is -2.57. The van der Waals surface area contributed by atoms with Crippen molar-refractivity contribution < 1.29 is 23.9 Å². The van der Waals surface area contributed by atoms with E-state index in [-0.39, 0.29) is 12.5 Å². The second-order valence-corrected chi connectivity index (χ2v) is 5.82. The van der Waals surface area contributed by atoms with Crippen LogP contribution < -0.4 is 10.6 Å². The first-order valence-corrected chi connectivity index (χ1v) is 8.24. The zero-order valence-corrected chi connectivity index (χ0v) is 15.1. The third kappa shape index (κ3) is 6.82. The van der Waals surface area contributed by atoms with Crippen LogP contribution in [-0.4, -0.2) is 37.2 Å². The van der Waals surface area contributed by atoms with Gasteiger partial charge < -0.3 is 20.1 Å². The van der Waals surface area contributed by atoms with Crippen molar-refractivity contribution in [3.63, 3.8) is 0 Å². The molecule has 0 spiro atoms. The van der Waals surface area contributed by atoms with Gasteiger partial charge in [-0.25, -0.2) is 9.59 Å². The van der Waals surface area contributed by atoms with Crippen molar-refractivity contribution in [3.8, 4) is 0 Å². The Kier molecular flexibility index (Phi) is 8.46. The summed E-state index contributed by atoms with van der Waals surface area (Å²) in [6.45, 7) is 5.38. The summed E-state index contributed by atoms with van der Waals surface area (Å²) in [6.07, 6.45) is -0.00861. The summed E-state index contributed by atoms with van der Waals surface area (Å²) in [5.74, 6) is -1.08. The van der Waals surface area contributed by atoms with E-state index in [0.29, 0.717) is 6.42 Å². The minimum Gasteiger partial charge on any atom is -0.467 e. The molecule has 0 aliphatic rings. The van der Waals surface area contributed by atoms with Crippen LogP contribution in [0.15, 0.2) is 30.3 Å². The highest BCUT2D eigenvalue weighted by molar-refractivity contribution is 5.89. The highest BCUT2D eigenvalue weighted by atomic mass is 16.5. The summed E-state index contributed by atoms with van der Waals surface area (Å²) < 4.78 is 9.79. The number of esters is 1. The van der Waals surface area contributed by atoms with E-state index in [1.807, 2.05) is 44.2 Å². The average molecular weight is 350 g/mol. The minimum atomic E-state index is -0.848. The summed E-state index contributed by atoms with van der Waals surface area (Å²) in [7, 11) is 1.27. The van der Waals surface area contributed by atoms with Crippen LogP contribution in [0.25, 0.3) is 0 Å². The molecule has 1 rings (SSSR count). The molecule has 0 saturated carbocycles. The molecular weight excluding hydrogens is 324 g/mol. The third-order valence-electron chi connectivity index (χ3n) is 3.91. The molecule has 1 aromatic rings. The van der Waals surface area contributed by atoms with Crippen LogP contribution in [0.5, 0.6) is 0 Å². The number of ether oxygens (including phenoxy) is 2. The van der Waals surface area contributed by atoms with Crippen LogP contribution in [0.4, 0.5) is 4.79 Å². The first-order chi connectivity index (χ1) is 11.9. The summed E-state index contributed by atoms with van der Waals surface area (Å²) in [5, 5.41) is 5.06. The lowest BCUT2D eigenvalue weighted by molar-refractivity contribution is -0.146. The second-order valence-electron chi connectivity index (χ2n) is 5.82. The van der Waals surface area contributed by atoms with Crippen LogP contribution in [0, 0.1) is 5.92 Å². The maximum Gasteiger partial charge on any atom is 0.408 e. The Morgan fingerprint density at radius 3 is 2.28 bits per heavy atom. The molecule has 0 aromatic heterocycles. The van der Waals surface area contributed by atoms with Crippen molar-refractivity contribution >= 4 is 18.0 Å². The molecule has 2 N–H and O–H groups in total. The van der Waals surface area contributed by atoms with Crippen LogP contribution in [-0.2, 0) is 25.7 Å². The molecule has 0 fully saturated rings. The fraction of sp³-hybridized carbons (Fsp3) is 0.500. The van der Waals surface area contributed by atoms with Gasteiger partial charge in [-0.2, -0.15) is 0 Å². The second kappa shape index (κ2) is 10.3. The molecule has 0 radical (unpaired) electrons. The molecule has 3 unspecified atom stereocenters. The number of alkyl carbamates (subject to hydrolysis) is 1. The minimum absolute atomic E-state index is 0.0892. The monoisotopic (exact) mass is 350 g/mol. The largest absolute Gasteiger partial charge is 0.467 e. The van der Waals surface area contributed by atoms with Crippen molar-refractivity contribution in [1.29, 1.82) is 0 Å². The number of nitrogens with one attached hydrogen (secondary N) is 2. The number of hydrogen-bond acceptors (Lipinski definition) is 5. The van der Waals surface area contributed by atoms with Crippen LogP contribution in [0.1, 0.15) is 32.8 Å². The average Bonchev–Trinajstić information content (AvgIpc) is 2.63. The number of rotatable bonds is 8. The van der Waals surface area contributed by atoms with Gasteiger partial charge in [0.05, 0.1) is 7.11 Å². The maximum atomic E-state index is 12.2. The van der Waals surface area contributed by atoms with Crippen molar-refractivity contribution in [3.05, 3.63) is 35.9 Å². The first-order valence-electron chi connectivity index (χ1n) is 8.24. The van der Waals surface area contributed by atoms with Gasteiger partial charge in [0, 0.05) is 0 Å². The Labute approximate surface area is 148 Å². The Bertz CT molecular complexity index is 576. The summed E-state index contributed by atoms with van der Waals surface area (Å²) in [6, 6.07) is 7.60. The molecule has 7 nitrogen and oxygen atoms in total. The van der Waals surface area contributed by atoms with E-state index in [9.17, 15) is 14.4 Å². The van der Waals surface area contributed by atoms with Crippen molar-refractivity contribution in [2.75, 3.05) is 7.11 Å². The van der Waals surface area contributed by atoms with E-state index < -0.39 is 30.1 Å². The summed E-state index contributed by atoms with van der Waals surface area (Å²) >= 11 is 0. The normalized spacial score (nSPS) is 13.9. The highest BCUT2D eigenvalue weighted by Crippen LogP contribution is 2.09. The van der Waals surface area contributed by atoms with Gasteiger partial charge in [0.1, 0.15) is 18.7 Å². The Morgan fingerprint density at radius 2 is 1.72 bits per heavy atom. The zero-order chi connectivity index (χ0) is 18.8. The van der Waals surface area contributed by atoms with E-state index in [1.165, 1.54) is 14.0 Å². The van der Waals surface area contributed by atoms with Gasteiger partial charge in [0.25, 0.3) is 0 Å². The predicted octanol–water partition coefficient (Wildman–Crippen LogP) is 2.01. The Morgan fingerprint density at radius 1 is 1.08 bits per heavy atom. The molecule has 0 saturated heterocycles. The smallest absolute Gasteiger partial charge is 0.408 e. The molecular formula is C18H26N2O5. The fourth-order valence-electron chi connectivity index (χ4n) is 2.08. The molecule has 2 amide bonds. The quantitative estimate of drug-likeness (QED) is 0.700. The van der Waals surface area contributed by atoms with E-state index in [2.05, 4.69) is 10.6 Å². The molecule has 25 heavy (non-hydrogen) atoms. The number of methoxy groups -OCH3 is 1. The molecule has 0 heterocycles. The Balaban J connectivity index is 2.51. The van der Waals surface area contributed by atoms with E-state index in [0.717, 1.165) is 5.56 Å². The van der Waals surface area contributed by atoms with Gasteiger partial charge in [-0.15, -0.1) is 0 Å². The molecule has 0 bridgehead atoms. The van der Waals surface area contributed by atoms with E-state index in [1.54, 1.807) is 0 Å². The topological polar surface area (TPSA) is 93.7 Å². The fourth-order valence-corrected chi connectivity index (χ4v) is 2.08. The summed E-state index contributed by atoms with van der Waals surface area (Å²) in [4.78, 5) is 35.8.